The van der Waals surface area contributed by atoms with E-state index >= 15 is 0 Å². The fourth-order valence-electron chi connectivity index (χ4n) is 1.00. The number of nitrogens with one attached hydrogen (secondary N) is 1. The molecule has 0 saturated heterocycles. The van der Waals surface area contributed by atoms with Gasteiger partial charge in [-0.05, 0) is 0 Å². The number of hydrogen-bond acceptors (Lipinski definition) is 4. The van der Waals surface area contributed by atoms with E-state index in [2.05, 4.69) is 15.2 Å². The number of halogens is 1. The van der Waals surface area contributed by atoms with E-state index in [1.165, 1.54) is 0 Å². The number of thiazole rings is 1. The molecule has 2 rings (SSSR count). The quantitative estimate of drug-likeness (QED) is 0.800. The largest absolute Gasteiger partial charge is 0.395 e. The van der Waals surface area contributed by atoms with Crippen LogP contribution in [0.2, 0.25) is 5.15 Å². The minimum Gasteiger partial charge on any atom is -0.395 e. The van der Waals surface area contributed by atoms with Crippen LogP contribution in [0.25, 0.3) is 0 Å². The molecule has 2 heterocycles. The highest BCUT2D eigenvalue weighted by Crippen LogP contribution is 2.21. The highest BCUT2D eigenvalue weighted by molar-refractivity contribution is 7.07. The molecule has 0 amide bonds. The van der Waals surface area contributed by atoms with Crippen molar-refractivity contribution >= 4 is 28.6 Å². The van der Waals surface area contributed by atoms with Crippen molar-refractivity contribution < 1.29 is 0 Å². The molecule has 3 N–H and O–H groups in total. The number of aromatic nitrogens is 3. The highest BCUT2D eigenvalue weighted by atomic mass is 35.5. The lowest BCUT2D eigenvalue weighted by molar-refractivity contribution is 0.978. The average Bonchev–Trinajstić information content (AvgIpc) is 2.71. The Hall–Kier alpha value is -1.07. The number of hydrogen-bond donors (Lipinski definition) is 2. The van der Waals surface area contributed by atoms with Crippen LogP contribution in [0.1, 0.15) is 11.4 Å². The third-order valence-electron chi connectivity index (χ3n) is 1.68. The summed E-state index contributed by atoms with van der Waals surface area (Å²) in [5.41, 5.74) is 9.74. The van der Waals surface area contributed by atoms with Crippen LogP contribution in [0, 0.1) is 0 Å². The van der Waals surface area contributed by atoms with Crippen LogP contribution in [0.15, 0.2) is 10.9 Å². The van der Waals surface area contributed by atoms with Gasteiger partial charge < -0.3 is 5.73 Å². The van der Waals surface area contributed by atoms with Crippen molar-refractivity contribution in [1.29, 1.82) is 0 Å². The average molecular weight is 215 g/mol. The number of nitrogens with two attached hydrogens (primary N) is 1. The maximum Gasteiger partial charge on any atom is 0.174 e. The molecule has 0 saturated carbocycles. The van der Waals surface area contributed by atoms with Gasteiger partial charge in [-0.15, -0.1) is 11.3 Å². The van der Waals surface area contributed by atoms with Gasteiger partial charge in [-0.2, -0.15) is 5.10 Å². The normalized spacial score (nSPS) is 10.5. The molecular weight excluding hydrogens is 208 g/mol. The topological polar surface area (TPSA) is 67.6 Å². The fourth-order valence-corrected chi connectivity index (χ4v) is 1.72. The zero-order valence-corrected chi connectivity index (χ0v) is 8.19. The molecule has 0 aliphatic heterocycles. The SMILES string of the molecule is Nc1c(Cl)n[nH]c1Cc1cscn1. The van der Waals surface area contributed by atoms with Gasteiger partial charge in [0.05, 0.1) is 22.6 Å². The van der Waals surface area contributed by atoms with E-state index in [9.17, 15) is 0 Å². The molecule has 0 atom stereocenters. The Labute approximate surface area is 83.8 Å². The van der Waals surface area contributed by atoms with E-state index in [4.69, 9.17) is 17.3 Å². The first-order chi connectivity index (χ1) is 6.27. The molecule has 4 nitrogen and oxygen atoms in total. The monoisotopic (exact) mass is 214 g/mol. The summed E-state index contributed by atoms with van der Waals surface area (Å²) in [6.07, 6.45) is 0.648. The molecule has 0 spiro atoms. The predicted molar refractivity (Wildman–Crippen MR) is 52.9 cm³/mol. The molecule has 13 heavy (non-hydrogen) atoms. The predicted octanol–water partition coefficient (Wildman–Crippen LogP) is 1.69. The van der Waals surface area contributed by atoms with Crippen LogP contribution >= 0.6 is 22.9 Å². The van der Waals surface area contributed by atoms with Crippen LogP contribution in [-0.4, -0.2) is 15.2 Å². The van der Waals surface area contributed by atoms with Crippen LogP contribution in [0.5, 0.6) is 0 Å². The van der Waals surface area contributed by atoms with E-state index in [1.54, 1.807) is 16.8 Å². The first-order valence-electron chi connectivity index (χ1n) is 3.62. The van der Waals surface area contributed by atoms with Gasteiger partial charge in [-0.1, -0.05) is 11.6 Å². The number of aromatic amines is 1. The van der Waals surface area contributed by atoms with E-state index in [1.807, 2.05) is 5.38 Å². The van der Waals surface area contributed by atoms with Gasteiger partial charge in [-0.25, -0.2) is 4.98 Å². The van der Waals surface area contributed by atoms with Gasteiger partial charge >= 0.3 is 0 Å². The molecule has 0 bridgehead atoms. The zero-order valence-electron chi connectivity index (χ0n) is 6.62. The number of nitrogen functional groups attached to an aromatic ring is 1. The molecule has 0 aliphatic carbocycles. The molecule has 0 radical (unpaired) electrons. The van der Waals surface area contributed by atoms with Crippen molar-refractivity contribution in [2.45, 2.75) is 6.42 Å². The van der Waals surface area contributed by atoms with Crippen molar-refractivity contribution in [3.05, 3.63) is 27.4 Å². The van der Waals surface area contributed by atoms with Crippen molar-refractivity contribution in [2.75, 3.05) is 5.73 Å². The molecule has 0 aliphatic rings. The Morgan fingerprint density at radius 2 is 2.46 bits per heavy atom. The summed E-state index contributed by atoms with van der Waals surface area (Å²) >= 11 is 7.24. The molecule has 68 valence electrons. The first kappa shape index (κ1) is 8.52. The summed E-state index contributed by atoms with van der Waals surface area (Å²) in [5, 5.41) is 8.85. The lowest BCUT2D eigenvalue weighted by atomic mass is 10.2. The summed E-state index contributed by atoms with van der Waals surface area (Å²) in [7, 11) is 0. The van der Waals surface area contributed by atoms with Gasteiger partial charge in [0.25, 0.3) is 0 Å². The van der Waals surface area contributed by atoms with Gasteiger partial charge in [0.2, 0.25) is 0 Å². The molecule has 6 heteroatoms. The minimum absolute atomic E-state index is 0.324. The van der Waals surface area contributed by atoms with E-state index in [0.29, 0.717) is 17.3 Å². The van der Waals surface area contributed by atoms with Crippen molar-refractivity contribution in [3.8, 4) is 0 Å². The summed E-state index contributed by atoms with van der Waals surface area (Å²) in [6.45, 7) is 0. The van der Waals surface area contributed by atoms with Crippen LogP contribution < -0.4 is 5.73 Å². The third kappa shape index (κ3) is 1.66. The molecule has 0 aromatic carbocycles. The molecule has 2 aromatic heterocycles. The Morgan fingerprint density at radius 3 is 3.00 bits per heavy atom. The fraction of sp³-hybridized carbons (Fsp3) is 0.143. The summed E-state index contributed by atoms with van der Waals surface area (Å²) < 4.78 is 0. The second kappa shape index (κ2) is 3.35. The van der Waals surface area contributed by atoms with Gasteiger partial charge in [0.15, 0.2) is 5.15 Å². The molecule has 0 fully saturated rings. The Kier molecular flexibility index (Phi) is 2.20. The third-order valence-corrected chi connectivity index (χ3v) is 2.60. The summed E-state index contributed by atoms with van der Waals surface area (Å²) in [4.78, 5) is 4.13. The van der Waals surface area contributed by atoms with Crippen LogP contribution in [0.4, 0.5) is 5.69 Å². The highest BCUT2D eigenvalue weighted by Gasteiger charge is 2.08. The maximum absolute atomic E-state index is 5.68. The van der Waals surface area contributed by atoms with Crippen LogP contribution in [0.3, 0.4) is 0 Å². The van der Waals surface area contributed by atoms with Crippen LogP contribution in [-0.2, 0) is 6.42 Å². The maximum atomic E-state index is 5.68. The second-order valence-electron chi connectivity index (χ2n) is 2.56. The van der Waals surface area contributed by atoms with E-state index in [0.717, 1.165) is 11.4 Å². The molecular formula is C7H7ClN4S. The number of nitrogens with zero attached hydrogens (tertiary/aromatic N) is 2. The first-order valence-corrected chi connectivity index (χ1v) is 4.94. The lowest BCUT2D eigenvalue weighted by Crippen LogP contribution is -1.94. The van der Waals surface area contributed by atoms with Gasteiger partial charge in [0.1, 0.15) is 0 Å². The smallest absolute Gasteiger partial charge is 0.174 e. The Balaban J connectivity index is 2.24. The number of rotatable bonds is 2. The van der Waals surface area contributed by atoms with E-state index < -0.39 is 0 Å². The van der Waals surface area contributed by atoms with Gasteiger partial charge in [-0.3, -0.25) is 5.10 Å². The Bertz CT molecular complexity index is 395. The van der Waals surface area contributed by atoms with Crippen molar-refractivity contribution in [2.24, 2.45) is 0 Å². The molecule has 2 aromatic rings. The van der Waals surface area contributed by atoms with Crippen molar-refractivity contribution in [1.82, 2.24) is 15.2 Å². The summed E-state index contributed by atoms with van der Waals surface area (Å²) in [6, 6.07) is 0. The number of H-pyrrole nitrogens is 1. The van der Waals surface area contributed by atoms with Gasteiger partial charge in [0, 0.05) is 11.8 Å². The minimum atomic E-state index is 0.324. The lowest BCUT2D eigenvalue weighted by Gasteiger charge is -1.94. The van der Waals surface area contributed by atoms with Crippen molar-refractivity contribution in [3.63, 3.8) is 0 Å². The Morgan fingerprint density at radius 1 is 1.62 bits per heavy atom. The second-order valence-corrected chi connectivity index (χ2v) is 3.64. The zero-order chi connectivity index (χ0) is 9.26. The number of anilines is 1. The standard InChI is InChI=1S/C7H7ClN4S/c8-7-6(9)5(11-12-7)1-4-2-13-3-10-4/h2-3H,1,9H2,(H,11,12). The summed E-state index contributed by atoms with van der Waals surface area (Å²) in [5.74, 6) is 0. The molecule has 0 unspecified atom stereocenters. The van der Waals surface area contributed by atoms with E-state index in [-0.39, 0.29) is 0 Å².